The van der Waals surface area contributed by atoms with Crippen molar-refractivity contribution < 1.29 is 4.74 Å². The summed E-state index contributed by atoms with van der Waals surface area (Å²) in [6, 6.07) is 0.303. The van der Waals surface area contributed by atoms with E-state index in [1.807, 2.05) is 0 Å². The molecule has 2 N–H and O–H groups in total. The van der Waals surface area contributed by atoms with Gasteiger partial charge in [0.15, 0.2) is 0 Å². The van der Waals surface area contributed by atoms with Crippen molar-refractivity contribution >= 4 is 0 Å². The van der Waals surface area contributed by atoms with Gasteiger partial charge in [-0.2, -0.15) is 0 Å². The molecule has 0 bridgehead atoms. The fraction of sp³-hybridized carbons (Fsp3) is 1.00. The number of nitrogens with two attached hydrogens (primary N) is 1. The molecule has 0 amide bonds. The molecule has 2 aliphatic rings. The molecule has 0 aromatic heterocycles. The largest absolute Gasteiger partial charge is 0.381 e. The molecule has 1 aliphatic carbocycles. The normalized spacial score (nSPS) is 29.4. The van der Waals surface area contributed by atoms with E-state index in [4.69, 9.17) is 10.5 Å². The Morgan fingerprint density at radius 3 is 2.73 bits per heavy atom. The van der Waals surface area contributed by atoms with Crippen LogP contribution in [0, 0.1) is 11.8 Å². The molecule has 1 heterocycles. The lowest BCUT2D eigenvalue weighted by molar-refractivity contribution is 0.162. The quantitative estimate of drug-likeness (QED) is 0.741. The Labute approximate surface area is 93.0 Å². The van der Waals surface area contributed by atoms with Crippen molar-refractivity contribution in [1.82, 2.24) is 4.90 Å². The third-order valence-corrected chi connectivity index (χ3v) is 3.89. The Morgan fingerprint density at radius 1 is 1.40 bits per heavy atom. The number of ether oxygens (including phenoxy) is 1. The van der Waals surface area contributed by atoms with Gasteiger partial charge in [0.25, 0.3) is 0 Å². The van der Waals surface area contributed by atoms with Gasteiger partial charge in [-0.3, -0.25) is 0 Å². The van der Waals surface area contributed by atoms with Crippen LogP contribution < -0.4 is 5.73 Å². The zero-order chi connectivity index (χ0) is 10.7. The SMILES string of the molecule is CN(CC1CCC1)CC(N)C1CCOC1. The lowest BCUT2D eigenvalue weighted by Crippen LogP contribution is -2.43. The first-order chi connectivity index (χ1) is 7.25. The Kier molecular flexibility index (Phi) is 4.00. The van der Waals surface area contributed by atoms with Crippen LogP contribution in [0.4, 0.5) is 0 Å². The molecule has 0 aromatic carbocycles. The third kappa shape index (κ3) is 3.16. The second kappa shape index (κ2) is 5.28. The zero-order valence-corrected chi connectivity index (χ0v) is 9.82. The van der Waals surface area contributed by atoms with Gasteiger partial charge in [-0.15, -0.1) is 0 Å². The average Bonchev–Trinajstić information content (AvgIpc) is 2.64. The number of likely N-dealkylation sites (N-methyl/N-ethyl adjacent to an activating group) is 1. The van der Waals surface area contributed by atoms with Gasteiger partial charge in [0.05, 0.1) is 6.61 Å². The number of nitrogens with zero attached hydrogens (tertiary/aromatic N) is 1. The first kappa shape index (κ1) is 11.4. The van der Waals surface area contributed by atoms with E-state index in [2.05, 4.69) is 11.9 Å². The lowest BCUT2D eigenvalue weighted by Gasteiger charge is -2.32. The lowest BCUT2D eigenvalue weighted by atomic mass is 9.85. The van der Waals surface area contributed by atoms with Crippen molar-refractivity contribution in [3.8, 4) is 0 Å². The summed E-state index contributed by atoms with van der Waals surface area (Å²) < 4.78 is 5.37. The van der Waals surface area contributed by atoms with Gasteiger partial charge in [-0.25, -0.2) is 0 Å². The van der Waals surface area contributed by atoms with E-state index < -0.39 is 0 Å². The van der Waals surface area contributed by atoms with Crippen LogP contribution >= 0.6 is 0 Å². The van der Waals surface area contributed by atoms with Crippen molar-refractivity contribution in [3.05, 3.63) is 0 Å². The van der Waals surface area contributed by atoms with Crippen molar-refractivity contribution in [2.45, 2.75) is 31.7 Å². The Balaban J connectivity index is 1.65. The number of rotatable bonds is 5. The summed E-state index contributed by atoms with van der Waals surface area (Å²) in [5.74, 6) is 1.54. The predicted octanol–water partition coefficient (Wildman–Crippen LogP) is 1.08. The van der Waals surface area contributed by atoms with E-state index in [1.165, 1.54) is 25.8 Å². The van der Waals surface area contributed by atoms with Crippen LogP contribution in [-0.2, 0) is 4.74 Å². The van der Waals surface area contributed by atoms with E-state index in [0.717, 1.165) is 32.1 Å². The highest BCUT2D eigenvalue weighted by atomic mass is 16.5. The molecule has 2 rings (SSSR count). The van der Waals surface area contributed by atoms with Gasteiger partial charge in [0.1, 0.15) is 0 Å². The van der Waals surface area contributed by atoms with Crippen LogP contribution in [0.3, 0.4) is 0 Å². The molecule has 1 saturated carbocycles. The second-order valence-corrected chi connectivity index (χ2v) is 5.31. The molecular weight excluding hydrogens is 188 g/mol. The van der Waals surface area contributed by atoms with Crippen LogP contribution in [0.15, 0.2) is 0 Å². The molecule has 1 aliphatic heterocycles. The minimum atomic E-state index is 0.303. The van der Waals surface area contributed by atoms with Gasteiger partial charge in [0, 0.05) is 31.7 Å². The fourth-order valence-electron chi connectivity index (χ4n) is 2.59. The molecule has 2 atom stereocenters. The van der Waals surface area contributed by atoms with Crippen LogP contribution in [0.25, 0.3) is 0 Å². The second-order valence-electron chi connectivity index (χ2n) is 5.31. The maximum Gasteiger partial charge on any atom is 0.0510 e. The minimum Gasteiger partial charge on any atom is -0.381 e. The molecular formula is C12H24N2O. The summed E-state index contributed by atoms with van der Waals surface area (Å²) in [5, 5.41) is 0. The summed E-state index contributed by atoms with van der Waals surface area (Å²) in [5.41, 5.74) is 6.19. The van der Waals surface area contributed by atoms with E-state index in [9.17, 15) is 0 Å². The van der Waals surface area contributed by atoms with Crippen LogP contribution in [0.5, 0.6) is 0 Å². The summed E-state index contributed by atoms with van der Waals surface area (Å²) in [6.45, 7) is 4.05. The van der Waals surface area contributed by atoms with Crippen LogP contribution in [0.2, 0.25) is 0 Å². The molecule has 0 radical (unpaired) electrons. The number of hydrogen-bond acceptors (Lipinski definition) is 3. The molecule has 15 heavy (non-hydrogen) atoms. The van der Waals surface area contributed by atoms with Crippen molar-refractivity contribution in [1.29, 1.82) is 0 Å². The van der Waals surface area contributed by atoms with Crippen LogP contribution in [0.1, 0.15) is 25.7 Å². The Hall–Kier alpha value is -0.120. The van der Waals surface area contributed by atoms with E-state index in [0.29, 0.717) is 12.0 Å². The highest BCUT2D eigenvalue weighted by Gasteiger charge is 2.25. The van der Waals surface area contributed by atoms with E-state index in [-0.39, 0.29) is 0 Å². The molecule has 3 heteroatoms. The fourth-order valence-corrected chi connectivity index (χ4v) is 2.59. The molecule has 2 fully saturated rings. The standard InChI is InChI=1S/C12H24N2O/c1-14(7-10-3-2-4-10)8-12(13)11-5-6-15-9-11/h10-12H,2-9,13H2,1H3. The van der Waals surface area contributed by atoms with Gasteiger partial charge < -0.3 is 15.4 Å². The first-order valence-electron chi connectivity index (χ1n) is 6.27. The molecule has 88 valence electrons. The maximum absolute atomic E-state index is 6.19. The zero-order valence-electron chi connectivity index (χ0n) is 9.82. The van der Waals surface area contributed by atoms with Gasteiger partial charge in [-0.1, -0.05) is 6.42 Å². The molecule has 0 spiro atoms. The summed E-state index contributed by atoms with van der Waals surface area (Å²) in [4.78, 5) is 2.41. The summed E-state index contributed by atoms with van der Waals surface area (Å²) >= 11 is 0. The molecule has 0 aromatic rings. The van der Waals surface area contributed by atoms with E-state index in [1.54, 1.807) is 0 Å². The molecule has 1 saturated heterocycles. The van der Waals surface area contributed by atoms with Gasteiger partial charge in [0.2, 0.25) is 0 Å². The monoisotopic (exact) mass is 212 g/mol. The van der Waals surface area contributed by atoms with E-state index >= 15 is 0 Å². The maximum atomic E-state index is 6.19. The Morgan fingerprint density at radius 2 is 2.20 bits per heavy atom. The highest BCUT2D eigenvalue weighted by Crippen LogP contribution is 2.27. The molecule has 3 nitrogen and oxygen atoms in total. The third-order valence-electron chi connectivity index (χ3n) is 3.89. The summed E-state index contributed by atoms with van der Waals surface area (Å²) in [7, 11) is 2.20. The highest BCUT2D eigenvalue weighted by molar-refractivity contribution is 4.80. The predicted molar refractivity (Wildman–Crippen MR) is 61.7 cm³/mol. The van der Waals surface area contributed by atoms with Crippen molar-refractivity contribution in [3.63, 3.8) is 0 Å². The minimum absolute atomic E-state index is 0.303. The first-order valence-corrected chi connectivity index (χ1v) is 6.27. The number of hydrogen-bond donors (Lipinski definition) is 1. The van der Waals surface area contributed by atoms with Crippen LogP contribution in [-0.4, -0.2) is 44.3 Å². The van der Waals surface area contributed by atoms with Crippen molar-refractivity contribution in [2.75, 3.05) is 33.4 Å². The molecule has 2 unspecified atom stereocenters. The summed E-state index contributed by atoms with van der Waals surface area (Å²) in [6.07, 6.45) is 5.43. The van der Waals surface area contributed by atoms with Gasteiger partial charge in [-0.05, 0) is 32.2 Å². The topological polar surface area (TPSA) is 38.5 Å². The van der Waals surface area contributed by atoms with Gasteiger partial charge >= 0.3 is 0 Å². The average molecular weight is 212 g/mol. The van der Waals surface area contributed by atoms with Crippen molar-refractivity contribution in [2.24, 2.45) is 17.6 Å². The smallest absolute Gasteiger partial charge is 0.0510 e. The Bertz CT molecular complexity index is 188.